The zero-order valence-electron chi connectivity index (χ0n) is 19.9. The lowest BCUT2D eigenvalue weighted by Gasteiger charge is -2.64. The lowest BCUT2D eigenvalue weighted by atomic mass is 9.47. The molecule has 1 spiro atoms. The lowest BCUT2D eigenvalue weighted by molar-refractivity contribution is -0.147. The summed E-state index contributed by atoms with van der Waals surface area (Å²) in [5.74, 6) is 1.34. The molecule has 4 aliphatic rings. The Morgan fingerprint density at radius 2 is 2.06 bits per heavy atom. The molecule has 176 valence electrons. The van der Waals surface area contributed by atoms with E-state index in [0.717, 1.165) is 36.1 Å². The van der Waals surface area contributed by atoms with Gasteiger partial charge in [-0.25, -0.2) is 0 Å². The Kier molecular flexibility index (Phi) is 4.69. The fourth-order valence-corrected chi connectivity index (χ4v) is 7.19. The van der Waals surface area contributed by atoms with Crippen LogP contribution in [0.25, 0.3) is 6.08 Å². The van der Waals surface area contributed by atoms with Gasteiger partial charge in [0.25, 0.3) is 0 Å². The summed E-state index contributed by atoms with van der Waals surface area (Å²) in [6, 6.07) is 12.2. The van der Waals surface area contributed by atoms with E-state index in [4.69, 9.17) is 9.47 Å². The molecule has 1 saturated heterocycles. The number of hydrogen-bond donors (Lipinski definition) is 1. The van der Waals surface area contributed by atoms with Crippen molar-refractivity contribution >= 4 is 17.8 Å². The van der Waals surface area contributed by atoms with Gasteiger partial charge in [0.15, 0.2) is 23.4 Å². The third-order valence-electron chi connectivity index (χ3n) is 8.73. The Bertz CT molecular complexity index is 1240. The number of nitrogens with zero attached hydrogens (tertiary/aromatic N) is 1. The molecule has 2 aliphatic heterocycles. The number of carbonyl (C=O) groups is 2. The van der Waals surface area contributed by atoms with Crippen LogP contribution in [0.4, 0.5) is 0 Å². The van der Waals surface area contributed by atoms with E-state index in [1.807, 2.05) is 43.3 Å². The van der Waals surface area contributed by atoms with Gasteiger partial charge in [-0.05, 0) is 68.6 Å². The van der Waals surface area contributed by atoms with Crippen LogP contribution in [0.3, 0.4) is 0 Å². The Morgan fingerprint density at radius 1 is 1.24 bits per heavy atom. The van der Waals surface area contributed by atoms with Gasteiger partial charge >= 0.3 is 0 Å². The second-order valence-corrected chi connectivity index (χ2v) is 10.2. The number of likely N-dealkylation sites (tertiary alicyclic amines) is 1. The van der Waals surface area contributed by atoms with Crippen LogP contribution < -0.4 is 14.8 Å². The SMILES string of the molecule is COc1ccc2c3c1O[C@H]1C(=O)CC[C@@]4(NC(=O)/C=C/c5ccccc5C)[C@@H](C2)N(C)CC[C@]314. The summed E-state index contributed by atoms with van der Waals surface area (Å²) in [5, 5.41) is 3.47. The minimum absolute atomic E-state index is 0.0862. The molecule has 34 heavy (non-hydrogen) atoms. The molecule has 2 heterocycles. The standard InChI is InChI=1S/C28H30N2O4/c1-17-6-4-5-7-18(17)9-11-23(32)29-28-13-12-20(31)26-27(28)14-15-30(2)22(28)16-19-8-10-21(33-3)25(34-26)24(19)27/h4-11,22,26H,12-16H2,1-3H3,(H,29,32)/b11-9+/t22-,26+,27+,28-/m1/s1. The molecule has 6 heteroatoms. The lowest BCUT2D eigenvalue weighted by Crippen LogP contribution is -2.81. The first-order valence-corrected chi connectivity index (χ1v) is 12.1. The predicted octanol–water partition coefficient (Wildman–Crippen LogP) is 3.19. The van der Waals surface area contributed by atoms with E-state index < -0.39 is 17.1 Å². The summed E-state index contributed by atoms with van der Waals surface area (Å²) >= 11 is 0. The number of benzene rings is 2. The van der Waals surface area contributed by atoms with Crippen LogP contribution in [0.1, 0.15) is 41.5 Å². The molecule has 2 aromatic carbocycles. The molecule has 1 saturated carbocycles. The van der Waals surface area contributed by atoms with Crippen LogP contribution in [-0.2, 0) is 21.4 Å². The van der Waals surface area contributed by atoms with Crippen LogP contribution in [0.15, 0.2) is 42.5 Å². The molecule has 1 N–H and O–H groups in total. The van der Waals surface area contributed by atoms with Crippen molar-refractivity contribution in [3.05, 3.63) is 64.7 Å². The first-order valence-electron chi connectivity index (χ1n) is 12.1. The fraction of sp³-hybridized carbons (Fsp3) is 0.429. The first-order chi connectivity index (χ1) is 16.4. The maximum absolute atomic E-state index is 13.5. The largest absolute Gasteiger partial charge is 0.493 e. The Hall–Kier alpha value is -3.12. The quantitative estimate of drug-likeness (QED) is 0.713. The van der Waals surface area contributed by atoms with Crippen LogP contribution in [0, 0.1) is 6.92 Å². The second kappa shape index (κ2) is 7.44. The highest BCUT2D eigenvalue weighted by molar-refractivity contribution is 5.95. The third kappa shape index (κ3) is 2.66. The van der Waals surface area contributed by atoms with Crippen LogP contribution in [-0.4, -0.2) is 55.0 Å². The Labute approximate surface area is 199 Å². The molecule has 2 aromatic rings. The van der Waals surface area contributed by atoms with E-state index in [1.54, 1.807) is 13.2 Å². The predicted molar refractivity (Wildman–Crippen MR) is 129 cm³/mol. The molecular weight excluding hydrogens is 428 g/mol. The number of rotatable bonds is 4. The second-order valence-electron chi connectivity index (χ2n) is 10.2. The van der Waals surface area contributed by atoms with Gasteiger partial charge in [-0.15, -0.1) is 0 Å². The van der Waals surface area contributed by atoms with Gasteiger partial charge in [0.05, 0.1) is 18.1 Å². The highest BCUT2D eigenvalue weighted by Crippen LogP contribution is 2.64. The summed E-state index contributed by atoms with van der Waals surface area (Å²) in [6.45, 7) is 2.89. The minimum atomic E-state index is -0.594. The summed E-state index contributed by atoms with van der Waals surface area (Å²) in [7, 11) is 3.76. The molecule has 0 radical (unpaired) electrons. The summed E-state index contributed by atoms with van der Waals surface area (Å²) in [6.07, 6.45) is 5.48. The van der Waals surface area contributed by atoms with Crippen molar-refractivity contribution in [2.75, 3.05) is 20.7 Å². The molecule has 6 rings (SSSR count). The number of piperidine rings is 1. The van der Waals surface area contributed by atoms with Gasteiger partial charge in [0, 0.05) is 24.1 Å². The van der Waals surface area contributed by atoms with E-state index >= 15 is 0 Å². The Balaban J connectivity index is 1.48. The summed E-state index contributed by atoms with van der Waals surface area (Å²) < 4.78 is 12.1. The van der Waals surface area contributed by atoms with Gasteiger partial charge in [0.2, 0.25) is 5.91 Å². The van der Waals surface area contributed by atoms with Crippen LogP contribution >= 0.6 is 0 Å². The fourth-order valence-electron chi connectivity index (χ4n) is 7.19. The van der Waals surface area contributed by atoms with Crippen molar-refractivity contribution in [1.29, 1.82) is 0 Å². The number of carbonyl (C=O) groups excluding carboxylic acids is 2. The Morgan fingerprint density at radius 3 is 2.85 bits per heavy atom. The third-order valence-corrected chi connectivity index (χ3v) is 8.73. The average molecular weight is 459 g/mol. The van der Waals surface area contributed by atoms with Crippen molar-refractivity contribution in [2.24, 2.45) is 0 Å². The van der Waals surface area contributed by atoms with Crippen molar-refractivity contribution in [1.82, 2.24) is 10.2 Å². The zero-order valence-corrected chi connectivity index (χ0v) is 19.9. The van der Waals surface area contributed by atoms with Crippen molar-refractivity contribution in [3.63, 3.8) is 0 Å². The van der Waals surface area contributed by atoms with Crippen molar-refractivity contribution < 1.29 is 19.1 Å². The van der Waals surface area contributed by atoms with Gasteiger partial charge in [0.1, 0.15) is 0 Å². The number of nitrogens with one attached hydrogen (secondary N) is 1. The molecule has 2 bridgehead atoms. The highest BCUT2D eigenvalue weighted by atomic mass is 16.5. The normalized spacial score (nSPS) is 31.2. The number of hydrogen-bond acceptors (Lipinski definition) is 5. The summed E-state index contributed by atoms with van der Waals surface area (Å²) in [4.78, 5) is 29.1. The monoisotopic (exact) mass is 458 g/mol. The number of amides is 1. The van der Waals surface area contributed by atoms with Crippen LogP contribution in [0.5, 0.6) is 11.5 Å². The number of Topliss-reactive ketones (excluding diaryl/α,β-unsaturated/α-hetero) is 1. The molecule has 2 aliphatic carbocycles. The van der Waals surface area contributed by atoms with Gasteiger partial charge < -0.3 is 19.7 Å². The zero-order chi connectivity index (χ0) is 23.7. The number of ether oxygens (including phenoxy) is 2. The van der Waals surface area contributed by atoms with Gasteiger partial charge in [-0.3, -0.25) is 9.59 Å². The summed E-state index contributed by atoms with van der Waals surface area (Å²) in [5.41, 5.74) is 3.25. The smallest absolute Gasteiger partial charge is 0.244 e. The van der Waals surface area contributed by atoms with E-state index in [2.05, 4.69) is 23.3 Å². The molecule has 0 aromatic heterocycles. The maximum atomic E-state index is 13.5. The molecule has 1 amide bonds. The molecule has 4 atom stereocenters. The van der Waals surface area contributed by atoms with Gasteiger partial charge in [-0.2, -0.15) is 0 Å². The number of ketones is 1. The molecular formula is C28H30N2O4. The number of aryl methyl sites for hydroxylation is 1. The first kappa shape index (κ1) is 21.4. The maximum Gasteiger partial charge on any atom is 0.244 e. The highest BCUT2D eigenvalue weighted by Gasteiger charge is 2.73. The number of likely N-dealkylation sites (N-methyl/N-ethyl adjacent to an activating group) is 1. The van der Waals surface area contributed by atoms with Crippen LogP contribution in [0.2, 0.25) is 0 Å². The van der Waals surface area contributed by atoms with Gasteiger partial charge in [-0.1, -0.05) is 30.3 Å². The topological polar surface area (TPSA) is 67.9 Å². The van der Waals surface area contributed by atoms with Crippen molar-refractivity contribution in [3.8, 4) is 11.5 Å². The molecule has 2 fully saturated rings. The molecule has 6 nitrogen and oxygen atoms in total. The van der Waals surface area contributed by atoms with E-state index in [1.165, 1.54) is 5.56 Å². The molecule has 0 unspecified atom stereocenters. The van der Waals surface area contributed by atoms with E-state index in [-0.39, 0.29) is 17.7 Å². The van der Waals surface area contributed by atoms with Crippen molar-refractivity contribution in [2.45, 2.75) is 55.7 Å². The van der Waals surface area contributed by atoms with E-state index in [0.29, 0.717) is 24.3 Å². The minimum Gasteiger partial charge on any atom is -0.493 e. The average Bonchev–Trinajstić information content (AvgIpc) is 3.19. The van der Waals surface area contributed by atoms with E-state index in [9.17, 15) is 9.59 Å². The number of methoxy groups -OCH3 is 1.